The van der Waals surface area contributed by atoms with Crippen LogP contribution in [-0.2, 0) is 6.54 Å². The van der Waals surface area contributed by atoms with Crippen molar-refractivity contribution in [1.82, 2.24) is 9.38 Å². The molecule has 1 saturated heterocycles. The third-order valence-corrected chi connectivity index (χ3v) is 4.58. The molecule has 2 atom stereocenters. The van der Waals surface area contributed by atoms with E-state index in [1.54, 1.807) is 11.3 Å². The van der Waals surface area contributed by atoms with Gasteiger partial charge in [-0.25, -0.2) is 4.98 Å². The fraction of sp³-hybridized carbons (Fsp3) is 0.583. The number of imidazole rings is 1. The van der Waals surface area contributed by atoms with Crippen LogP contribution in [0.15, 0.2) is 11.6 Å². The molecule has 4 nitrogen and oxygen atoms in total. The molecule has 0 aromatic carbocycles. The molecule has 0 radical (unpaired) electrons. The maximum Gasteiger partial charge on any atom is 0.195 e. The van der Waals surface area contributed by atoms with E-state index in [-0.39, 0.29) is 0 Å². The summed E-state index contributed by atoms with van der Waals surface area (Å²) in [6.07, 6.45) is 2.06. The molecule has 0 amide bonds. The predicted molar refractivity (Wildman–Crippen MR) is 71.5 cm³/mol. The van der Waals surface area contributed by atoms with Crippen molar-refractivity contribution in [2.45, 2.75) is 20.4 Å². The number of nitrogens with two attached hydrogens (primary N) is 1. The molecule has 3 heterocycles. The van der Waals surface area contributed by atoms with Gasteiger partial charge in [-0.05, 0) is 11.8 Å². The Kier molecular flexibility index (Phi) is 2.60. The third kappa shape index (κ3) is 1.65. The summed E-state index contributed by atoms with van der Waals surface area (Å²) in [5, 5.41) is 2.06. The highest BCUT2D eigenvalue weighted by molar-refractivity contribution is 7.15. The van der Waals surface area contributed by atoms with E-state index in [1.165, 1.54) is 0 Å². The Bertz CT molecular complexity index is 520. The minimum atomic E-state index is 0.548. The minimum Gasteiger partial charge on any atom is -0.354 e. The molecule has 2 aromatic heterocycles. The van der Waals surface area contributed by atoms with Crippen molar-refractivity contribution in [1.29, 1.82) is 0 Å². The van der Waals surface area contributed by atoms with E-state index in [9.17, 15) is 0 Å². The zero-order valence-electron chi connectivity index (χ0n) is 10.3. The minimum absolute atomic E-state index is 0.548. The number of hydrogen-bond donors (Lipinski definition) is 1. The lowest BCUT2D eigenvalue weighted by atomic mass is 10.0. The lowest BCUT2D eigenvalue weighted by Gasteiger charge is -2.16. The topological polar surface area (TPSA) is 46.6 Å². The van der Waals surface area contributed by atoms with E-state index in [0.717, 1.165) is 41.4 Å². The van der Waals surface area contributed by atoms with Crippen molar-refractivity contribution in [3.8, 4) is 0 Å². The van der Waals surface area contributed by atoms with Crippen molar-refractivity contribution in [3.05, 3.63) is 17.3 Å². The first-order valence-electron chi connectivity index (χ1n) is 6.10. The summed E-state index contributed by atoms with van der Waals surface area (Å²) in [6, 6.07) is 0. The lowest BCUT2D eigenvalue weighted by molar-refractivity contribution is 0.494. The Hall–Kier alpha value is -1.07. The van der Waals surface area contributed by atoms with E-state index in [0.29, 0.717) is 6.54 Å². The summed E-state index contributed by atoms with van der Waals surface area (Å²) in [6.45, 7) is 7.36. The summed E-state index contributed by atoms with van der Waals surface area (Å²) in [4.78, 5) is 8.16. The van der Waals surface area contributed by atoms with Gasteiger partial charge in [0.1, 0.15) is 0 Å². The van der Waals surface area contributed by atoms with Crippen molar-refractivity contribution < 1.29 is 0 Å². The lowest BCUT2D eigenvalue weighted by Crippen LogP contribution is -2.22. The monoisotopic (exact) mass is 250 g/mol. The van der Waals surface area contributed by atoms with Gasteiger partial charge in [-0.1, -0.05) is 13.8 Å². The van der Waals surface area contributed by atoms with Crippen molar-refractivity contribution in [3.63, 3.8) is 0 Å². The van der Waals surface area contributed by atoms with Gasteiger partial charge < -0.3 is 10.6 Å². The Labute approximate surface area is 105 Å². The highest BCUT2D eigenvalue weighted by atomic mass is 32.1. The van der Waals surface area contributed by atoms with Crippen molar-refractivity contribution >= 4 is 22.1 Å². The van der Waals surface area contributed by atoms with E-state index < -0.39 is 0 Å². The van der Waals surface area contributed by atoms with Crippen LogP contribution in [0.25, 0.3) is 4.96 Å². The molecule has 2 N–H and O–H groups in total. The number of nitrogens with zero attached hydrogens (tertiary/aromatic N) is 3. The first kappa shape index (κ1) is 11.0. The second kappa shape index (κ2) is 3.99. The second-order valence-electron chi connectivity index (χ2n) is 5.00. The third-order valence-electron chi connectivity index (χ3n) is 3.82. The highest BCUT2D eigenvalue weighted by Crippen LogP contribution is 2.31. The number of thiazole rings is 1. The number of anilines is 1. The molecular formula is C12H18N4S. The number of fused-ring (bicyclic) bond motifs is 1. The Morgan fingerprint density at radius 2 is 2.12 bits per heavy atom. The van der Waals surface area contributed by atoms with E-state index in [4.69, 9.17) is 10.7 Å². The van der Waals surface area contributed by atoms with Crippen molar-refractivity contribution in [2.75, 3.05) is 18.0 Å². The van der Waals surface area contributed by atoms with Crippen LogP contribution in [0.4, 0.5) is 5.82 Å². The largest absolute Gasteiger partial charge is 0.354 e. The van der Waals surface area contributed by atoms with Crippen LogP contribution in [0.2, 0.25) is 0 Å². The zero-order valence-corrected chi connectivity index (χ0v) is 11.1. The molecule has 0 saturated carbocycles. The van der Waals surface area contributed by atoms with Crippen LogP contribution in [0.5, 0.6) is 0 Å². The number of hydrogen-bond acceptors (Lipinski definition) is 4. The standard InChI is InChI=1S/C12H18N4S/c1-8-6-15(7-9(8)2)11-10(5-13)16-3-4-17-12(16)14-11/h3-4,8-9H,5-7,13H2,1-2H3. The Balaban J connectivity index is 2.02. The molecule has 0 aliphatic carbocycles. The predicted octanol–water partition coefficient (Wildman–Crippen LogP) is 1.95. The average molecular weight is 250 g/mol. The van der Waals surface area contributed by atoms with Gasteiger partial charge in [0.25, 0.3) is 0 Å². The van der Waals surface area contributed by atoms with Gasteiger partial charge in [0.15, 0.2) is 10.8 Å². The van der Waals surface area contributed by atoms with Gasteiger partial charge in [0, 0.05) is 31.2 Å². The molecule has 1 aliphatic heterocycles. The summed E-state index contributed by atoms with van der Waals surface area (Å²) in [7, 11) is 0. The van der Waals surface area contributed by atoms with E-state index in [1.807, 2.05) is 0 Å². The quantitative estimate of drug-likeness (QED) is 0.886. The van der Waals surface area contributed by atoms with Gasteiger partial charge in [0.05, 0.1) is 5.69 Å². The normalized spacial score (nSPS) is 25.0. The number of aromatic nitrogens is 2. The van der Waals surface area contributed by atoms with Gasteiger partial charge in [-0.3, -0.25) is 4.40 Å². The number of rotatable bonds is 2. The van der Waals surface area contributed by atoms with Gasteiger partial charge >= 0.3 is 0 Å². The maximum atomic E-state index is 5.87. The van der Waals surface area contributed by atoms with Crippen LogP contribution in [0.1, 0.15) is 19.5 Å². The fourth-order valence-electron chi connectivity index (χ4n) is 2.57. The molecule has 1 aliphatic rings. The molecular weight excluding hydrogens is 232 g/mol. The molecule has 0 bridgehead atoms. The van der Waals surface area contributed by atoms with Crippen LogP contribution in [0.3, 0.4) is 0 Å². The van der Waals surface area contributed by atoms with Crippen LogP contribution in [0, 0.1) is 11.8 Å². The second-order valence-corrected chi connectivity index (χ2v) is 5.87. The molecule has 3 rings (SSSR count). The van der Waals surface area contributed by atoms with Crippen LogP contribution in [-0.4, -0.2) is 22.5 Å². The summed E-state index contributed by atoms with van der Waals surface area (Å²) < 4.78 is 2.12. The summed E-state index contributed by atoms with van der Waals surface area (Å²) in [5.74, 6) is 2.57. The fourth-order valence-corrected chi connectivity index (χ4v) is 3.29. The van der Waals surface area contributed by atoms with E-state index >= 15 is 0 Å². The molecule has 17 heavy (non-hydrogen) atoms. The summed E-state index contributed by atoms with van der Waals surface area (Å²) >= 11 is 1.67. The van der Waals surface area contributed by atoms with Gasteiger partial charge in [-0.2, -0.15) is 0 Å². The smallest absolute Gasteiger partial charge is 0.195 e. The zero-order chi connectivity index (χ0) is 12.0. The molecule has 5 heteroatoms. The van der Waals surface area contributed by atoms with Crippen LogP contribution >= 0.6 is 11.3 Å². The maximum absolute atomic E-state index is 5.87. The Morgan fingerprint density at radius 1 is 1.41 bits per heavy atom. The Morgan fingerprint density at radius 3 is 2.76 bits per heavy atom. The van der Waals surface area contributed by atoms with Crippen molar-refractivity contribution in [2.24, 2.45) is 17.6 Å². The molecule has 1 fully saturated rings. The molecule has 0 spiro atoms. The molecule has 2 unspecified atom stereocenters. The van der Waals surface area contributed by atoms with E-state index in [2.05, 4.69) is 34.7 Å². The first-order valence-corrected chi connectivity index (χ1v) is 6.98. The average Bonchev–Trinajstić information content (AvgIpc) is 2.93. The molecule has 2 aromatic rings. The van der Waals surface area contributed by atoms with Gasteiger partial charge in [-0.15, -0.1) is 11.3 Å². The summed E-state index contributed by atoms with van der Waals surface area (Å²) in [5.41, 5.74) is 7.02. The van der Waals surface area contributed by atoms with Crippen LogP contribution < -0.4 is 10.6 Å². The molecule has 92 valence electrons. The first-order chi connectivity index (χ1) is 8.20. The SMILES string of the molecule is CC1CN(c2nc3sccn3c2CN)CC1C. The highest BCUT2D eigenvalue weighted by Gasteiger charge is 2.29. The van der Waals surface area contributed by atoms with Gasteiger partial charge in [0.2, 0.25) is 0 Å².